The summed E-state index contributed by atoms with van der Waals surface area (Å²) in [4.78, 5) is 50.0. The lowest BCUT2D eigenvalue weighted by Crippen LogP contribution is -2.37. The average Bonchev–Trinajstić information content (AvgIpc) is 3.08. The Labute approximate surface area is 157 Å². The summed E-state index contributed by atoms with van der Waals surface area (Å²) in [5, 5.41) is 8.50. The van der Waals surface area contributed by atoms with Gasteiger partial charge in [-0.1, -0.05) is 0 Å². The SMILES string of the molecule is COc1ccc(NC(=O)NC(=O)COC(=O)c2csc(NC(C)=O)n2)cc1. The number of ether oxygens (including phenoxy) is 2. The van der Waals surface area contributed by atoms with Gasteiger partial charge >= 0.3 is 12.0 Å². The van der Waals surface area contributed by atoms with Crippen molar-refractivity contribution in [2.24, 2.45) is 0 Å². The fourth-order valence-electron chi connectivity index (χ4n) is 1.78. The van der Waals surface area contributed by atoms with E-state index in [1.165, 1.54) is 19.4 Å². The molecule has 142 valence electrons. The highest BCUT2D eigenvalue weighted by atomic mass is 32.1. The van der Waals surface area contributed by atoms with Gasteiger partial charge in [-0.05, 0) is 24.3 Å². The van der Waals surface area contributed by atoms with Gasteiger partial charge < -0.3 is 20.1 Å². The van der Waals surface area contributed by atoms with Gasteiger partial charge in [-0.3, -0.25) is 14.9 Å². The van der Waals surface area contributed by atoms with Crippen LogP contribution in [0.2, 0.25) is 0 Å². The van der Waals surface area contributed by atoms with Gasteiger partial charge in [0.2, 0.25) is 5.91 Å². The van der Waals surface area contributed by atoms with Crippen LogP contribution in [0.15, 0.2) is 29.6 Å². The van der Waals surface area contributed by atoms with Crippen molar-refractivity contribution in [3.05, 3.63) is 35.3 Å². The molecule has 2 rings (SSSR count). The summed E-state index contributed by atoms with van der Waals surface area (Å²) in [6, 6.07) is 5.70. The Morgan fingerprint density at radius 1 is 1.11 bits per heavy atom. The summed E-state index contributed by atoms with van der Waals surface area (Å²) < 4.78 is 9.77. The number of nitrogens with one attached hydrogen (secondary N) is 3. The van der Waals surface area contributed by atoms with E-state index in [4.69, 9.17) is 9.47 Å². The summed E-state index contributed by atoms with van der Waals surface area (Å²) in [6.45, 7) is 0.641. The smallest absolute Gasteiger partial charge is 0.358 e. The molecule has 11 heteroatoms. The Bertz CT molecular complexity index is 849. The first-order valence-corrected chi connectivity index (χ1v) is 8.40. The summed E-state index contributed by atoms with van der Waals surface area (Å²) in [6.07, 6.45) is 0. The van der Waals surface area contributed by atoms with Crippen LogP contribution in [0.4, 0.5) is 15.6 Å². The molecule has 0 aliphatic carbocycles. The number of methoxy groups -OCH3 is 1. The quantitative estimate of drug-likeness (QED) is 0.636. The van der Waals surface area contributed by atoms with Crippen LogP contribution in [-0.4, -0.2) is 42.5 Å². The zero-order valence-electron chi connectivity index (χ0n) is 14.4. The van der Waals surface area contributed by atoms with Crippen LogP contribution in [0.25, 0.3) is 0 Å². The van der Waals surface area contributed by atoms with E-state index in [0.29, 0.717) is 11.4 Å². The highest BCUT2D eigenvalue weighted by molar-refractivity contribution is 7.14. The number of anilines is 2. The molecule has 1 heterocycles. The summed E-state index contributed by atoms with van der Waals surface area (Å²) in [7, 11) is 1.52. The molecule has 2 aromatic rings. The molecule has 0 unspecified atom stereocenters. The lowest BCUT2D eigenvalue weighted by molar-refractivity contribution is -0.123. The van der Waals surface area contributed by atoms with Gasteiger partial charge in [-0.2, -0.15) is 0 Å². The summed E-state index contributed by atoms with van der Waals surface area (Å²) >= 11 is 1.04. The minimum Gasteiger partial charge on any atom is -0.497 e. The molecular formula is C16H16N4O6S. The van der Waals surface area contributed by atoms with Gasteiger partial charge in [0.15, 0.2) is 17.4 Å². The summed E-state index contributed by atoms with van der Waals surface area (Å²) in [5.41, 5.74) is 0.394. The van der Waals surface area contributed by atoms with E-state index >= 15 is 0 Å². The lowest BCUT2D eigenvalue weighted by Gasteiger charge is -2.07. The first-order chi connectivity index (χ1) is 12.9. The van der Waals surface area contributed by atoms with Gasteiger partial charge in [0, 0.05) is 18.0 Å². The molecular weight excluding hydrogens is 376 g/mol. The number of imide groups is 1. The number of nitrogens with zero attached hydrogens (tertiary/aromatic N) is 1. The van der Waals surface area contributed by atoms with Crippen LogP contribution in [0.3, 0.4) is 0 Å². The molecule has 0 atom stereocenters. The number of thiazole rings is 1. The van der Waals surface area contributed by atoms with Gasteiger partial charge in [-0.15, -0.1) is 11.3 Å². The van der Waals surface area contributed by atoms with E-state index in [9.17, 15) is 19.2 Å². The normalized spacial score (nSPS) is 9.85. The molecule has 3 N–H and O–H groups in total. The largest absolute Gasteiger partial charge is 0.497 e. The highest BCUT2D eigenvalue weighted by Crippen LogP contribution is 2.16. The van der Waals surface area contributed by atoms with Crippen LogP contribution in [0, 0.1) is 0 Å². The fraction of sp³-hybridized carbons (Fsp3) is 0.188. The molecule has 0 bridgehead atoms. The molecule has 0 saturated heterocycles. The maximum Gasteiger partial charge on any atom is 0.358 e. The zero-order valence-corrected chi connectivity index (χ0v) is 15.2. The third kappa shape index (κ3) is 6.40. The van der Waals surface area contributed by atoms with Gasteiger partial charge in [0.1, 0.15) is 5.75 Å². The third-order valence-electron chi connectivity index (χ3n) is 2.93. The first-order valence-electron chi connectivity index (χ1n) is 7.52. The summed E-state index contributed by atoms with van der Waals surface area (Å²) in [5.74, 6) is -1.38. The molecule has 0 aliphatic rings. The molecule has 0 fully saturated rings. The van der Waals surface area contributed by atoms with Crippen LogP contribution in [0.5, 0.6) is 5.75 Å². The minimum atomic E-state index is -0.853. The number of hydrogen-bond acceptors (Lipinski definition) is 8. The van der Waals surface area contributed by atoms with E-state index in [-0.39, 0.29) is 16.7 Å². The molecule has 0 saturated carbocycles. The number of hydrogen-bond donors (Lipinski definition) is 3. The van der Waals surface area contributed by atoms with Crippen LogP contribution in [-0.2, 0) is 14.3 Å². The Balaban J connectivity index is 1.77. The Hall–Kier alpha value is -3.47. The molecule has 4 amide bonds. The van der Waals surface area contributed by atoms with Crippen LogP contribution >= 0.6 is 11.3 Å². The van der Waals surface area contributed by atoms with E-state index in [1.807, 2.05) is 5.32 Å². The Morgan fingerprint density at radius 2 is 1.81 bits per heavy atom. The molecule has 0 radical (unpaired) electrons. The molecule has 1 aromatic heterocycles. The number of carbonyl (C=O) groups excluding carboxylic acids is 4. The Morgan fingerprint density at radius 3 is 2.44 bits per heavy atom. The number of benzene rings is 1. The van der Waals surface area contributed by atoms with Crippen molar-refractivity contribution in [2.45, 2.75) is 6.92 Å². The van der Waals surface area contributed by atoms with Crippen LogP contribution in [0.1, 0.15) is 17.4 Å². The third-order valence-corrected chi connectivity index (χ3v) is 3.69. The Kier molecular flexibility index (Phi) is 6.83. The molecule has 1 aromatic carbocycles. The first kappa shape index (κ1) is 19.8. The predicted octanol–water partition coefficient (Wildman–Crippen LogP) is 1.62. The maximum absolute atomic E-state index is 11.8. The fourth-order valence-corrected chi connectivity index (χ4v) is 2.51. The van der Waals surface area contributed by atoms with Gasteiger partial charge in [0.05, 0.1) is 7.11 Å². The number of aromatic nitrogens is 1. The monoisotopic (exact) mass is 392 g/mol. The van der Waals surface area contributed by atoms with Crippen molar-refractivity contribution >= 4 is 46.0 Å². The number of carbonyl (C=O) groups is 4. The highest BCUT2D eigenvalue weighted by Gasteiger charge is 2.16. The van der Waals surface area contributed by atoms with Crippen molar-refractivity contribution in [3.63, 3.8) is 0 Å². The lowest BCUT2D eigenvalue weighted by atomic mass is 10.3. The maximum atomic E-state index is 11.8. The van der Waals surface area contributed by atoms with Crippen molar-refractivity contribution in [2.75, 3.05) is 24.4 Å². The van der Waals surface area contributed by atoms with E-state index < -0.39 is 24.5 Å². The van der Waals surface area contributed by atoms with Crippen molar-refractivity contribution in [1.82, 2.24) is 10.3 Å². The standard InChI is InChI=1S/C16H16N4O6S/c1-9(21)17-16-19-12(8-27-16)14(23)26-7-13(22)20-15(24)18-10-3-5-11(25-2)6-4-10/h3-6,8H,7H2,1-2H3,(H,17,19,21)(H2,18,20,22,24). The number of rotatable bonds is 6. The molecule has 27 heavy (non-hydrogen) atoms. The number of urea groups is 1. The second kappa shape index (κ2) is 9.29. The van der Waals surface area contributed by atoms with E-state index in [1.54, 1.807) is 24.3 Å². The van der Waals surface area contributed by atoms with Gasteiger partial charge in [0.25, 0.3) is 5.91 Å². The molecule has 0 spiro atoms. The van der Waals surface area contributed by atoms with Gasteiger partial charge in [-0.25, -0.2) is 14.6 Å². The topological polar surface area (TPSA) is 136 Å². The number of esters is 1. The van der Waals surface area contributed by atoms with E-state index in [2.05, 4.69) is 15.6 Å². The minimum absolute atomic E-state index is 0.0563. The van der Waals surface area contributed by atoms with Crippen molar-refractivity contribution in [1.29, 1.82) is 0 Å². The van der Waals surface area contributed by atoms with E-state index in [0.717, 1.165) is 11.3 Å². The molecule has 10 nitrogen and oxygen atoms in total. The number of amides is 4. The molecule has 0 aliphatic heterocycles. The second-order valence-corrected chi connectivity index (χ2v) is 5.88. The zero-order chi connectivity index (χ0) is 19.8. The predicted molar refractivity (Wildman–Crippen MR) is 96.9 cm³/mol. The van der Waals surface area contributed by atoms with Crippen molar-refractivity contribution < 1.29 is 28.7 Å². The average molecular weight is 392 g/mol. The van der Waals surface area contributed by atoms with Crippen molar-refractivity contribution in [3.8, 4) is 5.75 Å². The second-order valence-electron chi connectivity index (χ2n) is 5.03. The van der Waals surface area contributed by atoms with Crippen LogP contribution < -0.4 is 20.7 Å².